The van der Waals surface area contributed by atoms with Crippen LogP contribution in [0.25, 0.3) is 11.1 Å². The first-order valence-electron chi connectivity index (χ1n) is 7.95. The van der Waals surface area contributed by atoms with Crippen molar-refractivity contribution in [2.45, 2.75) is 12.3 Å². The molecule has 1 aliphatic rings. The van der Waals surface area contributed by atoms with Crippen molar-refractivity contribution in [2.24, 2.45) is 0 Å². The molecule has 4 rings (SSSR count). The first-order chi connectivity index (χ1) is 11.7. The Hall–Kier alpha value is -2.58. The largest absolute Gasteiger partial charge is 0.326 e. The summed E-state index contributed by atoms with van der Waals surface area (Å²) < 4.78 is 0. The second-order valence-electron chi connectivity index (χ2n) is 6.03. The molecule has 0 aliphatic carbocycles. The molecule has 1 heterocycles. The SMILES string of the molecule is O=C1CC(c2cccc(Cl)c2)c2cc(-c3ccccc3)ccc2N1. The van der Waals surface area contributed by atoms with E-state index in [0.29, 0.717) is 11.4 Å². The molecule has 0 aromatic heterocycles. The Balaban J connectivity index is 1.83. The van der Waals surface area contributed by atoms with Crippen molar-refractivity contribution in [3.63, 3.8) is 0 Å². The molecule has 0 saturated heterocycles. The van der Waals surface area contributed by atoms with Crippen LogP contribution in [0.1, 0.15) is 23.5 Å². The molecule has 0 bridgehead atoms. The van der Waals surface area contributed by atoms with Crippen molar-refractivity contribution in [1.29, 1.82) is 0 Å². The molecule has 1 N–H and O–H groups in total. The van der Waals surface area contributed by atoms with Crippen LogP contribution in [0.5, 0.6) is 0 Å². The minimum atomic E-state index is 0.0242. The van der Waals surface area contributed by atoms with Gasteiger partial charge in [0.1, 0.15) is 0 Å². The van der Waals surface area contributed by atoms with Crippen LogP contribution in [-0.2, 0) is 4.79 Å². The van der Waals surface area contributed by atoms with Gasteiger partial charge in [-0.15, -0.1) is 0 Å². The fourth-order valence-corrected chi connectivity index (χ4v) is 3.49. The van der Waals surface area contributed by atoms with E-state index in [4.69, 9.17) is 11.6 Å². The zero-order valence-corrected chi connectivity index (χ0v) is 13.8. The predicted molar refractivity (Wildman–Crippen MR) is 98.4 cm³/mol. The van der Waals surface area contributed by atoms with Crippen LogP contribution in [0.15, 0.2) is 72.8 Å². The number of amides is 1. The monoisotopic (exact) mass is 333 g/mol. The van der Waals surface area contributed by atoms with Gasteiger partial charge in [-0.2, -0.15) is 0 Å². The molecule has 3 heteroatoms. The summed E-state index contributed by atoms with van der Waals surface area (Å²) in [4.78, 5) is 12.1. The first-order valence-corrected chi connectivity index (χ1v) is 8.33. The second-order valence-corrected chi connectivity index (χ2v) is 6.46. The lowest BCUT2D eigenvalue weighted by atomic mass is 9.83. The molecule has 1 atom stereocenters. The van der Waals surface area contributed by atoms with Gasteiger partial charge in [0.15, 0.2) is 0 Å². The molecule has 0 radical (unpaired) electrons. The summed E-state index contributed by atoms with van der Waals surface area (Å²) in [7, 11) is 0. The van der Waals surface area contributed by atoms with Gasteiger partial charge >= 0.3 is 0 Å². The number of fused-ring (bicyclic) bond motifs is 1. The lowest BCUT2D eigenvalue weighted by Crippen LogP contribution is -2.23. The highest BCUT2D eigenvalue weighted by Gasteiger charge is 2.27. The van der Waals surface area contributed by atoms with Gasteiger partial charge in [-0.05, 0) is 46.5 Å². The molecule has 1 amide bonds. The van der Waals surface area contributed by atoms with Crippen molar-refractivity contribution in [3.05, 3.63) is 88.9 Å². The molecule has 3 aromatic rings. The van der Waals surface area contributed by atoms with Gasteiger partial charge in [0.05, 0.1) is 0 Å². The van der Waals surface area contributed by atoms with Crippen molar-refractivity contribution >= 4 is 23.2 Å². The Bertz CT molecular complexity index is 905. The van der Waals surface area contributed by atoms with Crippen LogP contribution in [0.2, 0.25) is 5.02 Å². The van der Waals surface area contributed by atoms with Crippen LogP contribution < -0.4 is 5.32 Å². The number of benzene rings is 3. The maximum atomic E-state index is 12.1. The molecule has 118 valence electrons. The van der Waals surface area contributed by atoms with Gasteiger partial charge in [0.25, 0.3) is 0 Å². The maximum Gasteiger partial charge on any atom is 0.225 e. The van der Waals surface area contributed by atoms with E-state index < -0.39 is 0 Å². The molecule has 1 unspecified atom stereocenters. The van der Waals surface area contributed by atoms with E-state index in [-0.39, 0.29) is 11.8 Å². The molecular formula is C21H16ClNO. The molecule has 2 nitrogen and oxygen atoms in total. The molecule has 24 heavy (non-hydrogen) atoms. The van der Waals surface area contributed by atoms with Gasteiger partial charge < -0.3 is 5.32 Å². The van der Waals surface area contributed by atoms with E-state index in [1.165, 1.54) is 5.56 Å². The highest BCUT2D eigenvalue weighted by Crippen LogP contribution is 2.39. The minimum Gasteiger partial charge on any atom is -0.326 e. The van der Waals surface area contributed by atoms with Crippen LogP contribution in [-0.4, -0.2) is 5.91 Å². The quantitative estimate of drug-likeness (QED) is 0.661. The predicted octanol–water partition coefficient (Wildman–Crippen LogP) is 5.48. The number of carbonyl (C=O) groups excluding carboxylic acids is 1. The lowest BCUT2D eigenvalue weighted by Gasteiger charge is -2.27. The molecule has 1 aliphatic heterocycles. The van der Waals surface area contributed by atoms with Crippen molar-refractivity contribution in [2.75, 3.05) is 5.32 Å². The molecule has 0 saturated carbocycles. The van der Waals surface area contributed by atoms with E-state index in [1.807, 2.05) is 48.5 Å². The highest BCUT2D eigenvalue weighted by molar-refractivity contribution is 6.30. The summed E-state index contributed by atoms with van der Waals surface area (Å²) >= 11 is 6.15. The smallest absolute Gasteiger partial charge is 0.225 e. The van der Waals surface area contributed by atoms with Crippen LogP contribution in [0, 0.1) is 0 Å². The third-order valence-electron chi connectivity index (χ3n) is 4.45. The number of carbonyl (C=O) groups is 1. The number of rotatable bonds is 2. The van der Waals surface area contributed by atoms with E-state index in [2.05, 4.69) is 29.6 Å². The Morgan fingerprint density at radius 2 is 1.71 bits per heavy atom. The average Bonchev–Trinajstić information content (AvgIpc) is 2.61. The third kappa shape index (κ3) is 2.81. The van der Waals surface area contributed by atoms with Crippen molar-refractivity contribution in [1.82, 2.24) is 0 Å². The summed E-state index contributed by atoms with van der Waals surface area (Å²) in [5.74, 6) is 0.0658. The fraction of sp³-hybridized carbons (Fsp3) is 0.0952. The number of halogens is 1. The van der Waals surface area contributed by atoms with Gasteiger partial charge in [-0.3, -0.25) is 4.79 Å². The number of hydrogen-bond donors (Lipinski definition) is 1. The molecule has 0 spiro atoms. The zero-order valence-electron chi connectivity index (χ0n) is 13.0. The molecular weight excluding hydrogens is 318 g/mol. The first kappa shape index (κ1) is 15.0. The summed E-state index contributed by atoms with van der Waals surface area (Å²) in [6.07, 6.45) is 0.436. The highest BCUT2D eigenvalue weighted by atomic mass is 35.5. The van der Waals surface area contributed by atoms with Gasteiger partial charge in [-0.25, -0.2) is 0 Å². The Morgan fingerprint density at radius 3 is 2.50 bits per heavy atom. The Kier molecular flexibility index (Phi) is 3.83. The van der Waals surface area contributed by atoms with Gasteiger partial charge in [0.2, 0.25) is 5.91 Å². The Morgan fingerprint density at radius 1 is 0.875 bits per heavy atom. The number of anilines is 1. The van der Waals surface area contributed by atoms with E-state index >= 15 is 0 Å². The molecule has 0 fully saturated rings. The van der Waals surface area contributed by atoms with E-state index in [1.54, 1.807) is 0 Å². The minimum absolute atomic E-state index is 0.0242. The standard InChI is InChI=1S/C21H16ClNO/c22-17-8-4-7-16(11-17)18-13-21(24)23-20-10-9-15(12-19(18)20)14-5-2-1-3-6-14/h1-12,18H,13H2,(H,23,24). The Labute approximate surface area is 146 Å². The normalized spacial score (nSPS) is 16.4. The van der Waals surface area contributed by atoms with E-state index in [9.17, 15) is 4.79 Å². The van der Waals surface area contributed by atoms with Crippen LogP contribution in [0.3, 0.4) is 0 Å². The van der Waals surface area contributed by atoms with Gasteiger partial charge in [0, 0.05) is 23.0 Å². The van der Waals surface area contributed by atoms with E-state index in [0.717, 1.165) is 22.4 Å². The number of nitrogens with one attached hydrogen (secondary N) is 1. The summed E-state index contributed by atoms with van der Waals surface area (Å²) in [5.41, 5.74) is 5.41. The summed E-state index contributed by atoms with van der Waals surface area (Å²) in [5, 5.41) is 3.67. The summed E-state index contributed by atoms with van der Waals surface area (Å²) in [6.45, 7) is 0. The average molecular weight is 334 g/mol. The fourth-order valence-electron chi connectivity index (χ4n) is 3.29. The summed E-state index contributed by atoms with van der Waals surface area (Å²) in [6, 6.07) is 24.3. The van der Waals surface area contributed by atoms with Crippen LogP contribution in [0.4, 0.5) is 5.69 Å². The van der Waals surface area contributed by atoms with Gasteiger partial charge in [-0.1, -0.05) is 60.1 Å². The van der Waals surface area contributed by atoms with Crippen LogP contribution >= 0.6 is 11.6 Å². The van der Waals surface area contributed by atoms with Crippen molar-refractivity contribution < 1.29 is 4.79 Å². The second kappa shape index (κ2) is 6.14. The number of hydrogen-bond acceptors (Lipinski definition) is 1. The lowest BCUT2D eigenvalue weighted by molar-refractivity contribution is -0.116. The zero-order chi connectivity index (χ0) is 16.5. The van der Waals surface area contributed by atoms with Crippen molar-refractivity contribution in [3.8, 4) is 11.1 Å². The molecule has 3 aromatic carbocycles. The maximum absolute atomic E-state index is 12.1. The third-order valence-corrected chi connectivity index (χ3v) is 4.68. The topological polar surface area (TPSA) is 29.1 Å².